The second-order valence-corrected chi connectivity index (χ2v) is 7.92. The number of nitrogens with zero attached hydrogens (tertiary/aromatic N) is 3. The number of pyridine rings is 1. The molecular weight excluding hydrogens is 420 g/mol. The van der Waals surface area contributed by atoms with Gasteiger partial charge in [-0.15, -0.1) is 11.3 Å². The quantitative estimate of drug-likeness (QED) is 0.469. The number of halogens is 1. The monoisotopic (exact) mass is 434 g/mol. The molecule has 2 heterocycles. The summed E-state index contributed by atoms with van der Waals surface area (Å²) in [5.74, 6) is 0.180. The molecule has 8 heteroatoms. The van der Waals surface area contributed by atoms with Crippen LogP contribution in [-0.2, 0) is 11.2 Å². The molecule has 2 aromatic heterocycles. The molecule has 0 saturated carbocycles. The predicted octanol–water partition coefficient (Wildman–Crippen LogP) is 4.82. The average molecular weight is 435 g/mol. The minimum Gasteiger partial charge on any atom is -0.481 e. The zero-order valence-electron chi connectivity index (χ0n) is 15.6. The molecule has 1 amide bonds. The van der Waals surface area contributed by atoms with Gasteiger partial charge in [-0.2, -0.15) is 5.26 Å². The Morgan fingerprint density at radius 3 is 2.80 bits per heavy atom. The lowest BCUT2D eigenvalue weighted by Crippen LogP contribution is -2.20. The van der Waals surface area contributed by atoms with Gasteiger partial charge in [-0.05, 0) is 42.0 Å². The Bertz CT molecular complexity index is 1250. The van der Waals surface area contributed by atoms with Gasteiger partial charge in [0.05, 0.1) is 16.7 Å². The van der Waals surface area contributed by atoms with Crippen LogP contribution in [0, 0.1) is 11.3 Å². The van der Waals surface area contributed by atoms with Crippen LogP contribution in [-0.4, -0.2) is 22.5 Å². The number of ether oxygens (including phenoxy) is 1. The molecule has 0 bridgehead atoms. The molecule has 30 heavy (non-hydrogen) atoms. The van der Waals surface area contributed by atoms with E-state index in [0.717, 1.165) is 15.8 Å². The Hall–Kier alpha value is -3.47. The van der Waals surface area contributed by atoms with Crippen molar-refractivity contribution >= 4 is 44.9 Å². The van der Waals surface area contributed by atoms with Crippen LogP contribution in [0.5, 0.6) is 5.75 Å². The number of amides is 1. The molecular formula is C22H15ClN4O2S. The van der Waals surface area contributed by atoms with Gasteiger partial charge in [-0.25, -0.2) is 4.98 Å². The molecule has 0 spiro atoms. The lowest BCUT2D eigenvalue weighted by atomic mass is 10.1. The van der Waals surface area contributed by atoms with Crippen LogP contribution in [0.2, 0.25) is 5.02 Å². The van der Waals surface area contributed by atoms with E-state index < -0.39 is 0 Å². The first-order valence-electron chi connectivity index (χ1n) is 9.02. The highest BCUT2D eigenvalue weighted by Crippen LogP contribution is 2.29. The molecule has 0 aliphatic carbocycles. The Kier molecular flexibility index (Phi) is 5.89. The number of hydrogen-bond donors (Lipinski definition) is 1. The van der Waals surface area contributed by atoms with Crippen LogP contribution < -0.4 is 10.1 Å². The van der Waals surface area contributed by atoms with Crippen molar-refractivity contribution < 1.29 is 9.53 Å². The molecule has 0 atom stereocenters. The summed E-state index contributed by atoms with van der Waals surface area (Å²) in [7, 11) is 0. The normalized spacial score (nSPS) is 10.5. The van der Waals surface area contributed by atoms with Crippen LogP contribution >= 0.6 is 22.9 Å². The van der Waals surface area contributed by atoms with E-state index >= 15 is 0 Å². The first-order chi connectivity index (χ1) is 14.6. The van der Waals surface area contributed by atoms with Gasteiger partial charge in [-0.3, -0.25) is 15.1 Å². The number of carbonyl (C=O) groups excluding carboxylic acids is 1. The summed E-state index contributed by atoms with van der Waals surface area (Å²) >= 11 is 7.58. The molecule has 0 unspecified atom stereocenters. The van der Waals surface area contributed by atoms with Crippen molar-refractivity contribution in [2.75, 3.05) is 11.9 Å². The number of anilines is 1. The lowest BCUT2D eigenvalue weighted by molar-refractivity contribution is -0.118. The summed E-state index contributed by atoms with van der Waals surface area (Å²) in [5.41, 5.74) is 2.30. The first kappa shape index (κ1) is 19.8. The van der Waals surface area contributed by atoms with Crippen molar-refractivity contribution in [1.82, 2.24) is 9.97 Å². The molecule has 4 aromatic rings. The van der Waals surface area contributed by atoms with Crippen molar-refractivity contribution in [3.63, 3.8) is 0 Å². The van der Waals surface area contributed by atoms with Gasteiger partial charge in [0.25, 0.3) is 5.91 Å². The SMILES string of the molecule is N#Cc1ccc(Cc2cnc(NC(=O)COc3ccc(Cl)c4cccnc34)s2)cc1. The third kappa shape index (κ3) is 4.57. The fourth-order valence-corrected chi connectivity index (χ4v) is 3.95. The summed E-state index contributed by atoms with van der Waals surface area (Å²) in [6, 6.07) is 16.6. The van der Waals surface area contributed by atoms with Gasteiger partial charge in [0, 0.05) is 29.1 Å². The van der Waals surface area contributed by atoms with Crippen LogP contribution in [0.1, 0.15) is 16.0 Å². The maximum Gasteiger partial charge on any atom is 0.264 e. The van der Waals surface area contributed by atoms with Gasteiger partial charge in [0.2, 0.25) is 0 Å². The summed E-state index contributed by atoms with van der Waals surface area (Å²) in [6.07, 6.45) is 4.06. The fourth-order valence-electron chi connectivity index (χ4n) is 2.87. The molecule has 148 valence electrons. The van der Waals surface area contributed by atoms with Gasteiger partial charge in [-0.1, -0.05) is 23.7 Å². The van der Waals surface area contributed by atoms with Gasteiger partial charge in [0.1, 0.15) is 11.3 Å². The largest absolute Gasteiger partial charge is 0.481 e. The van der Waals surface area contributed by atoms with E-state index in [1.807, 2.05) is 18.2 Å². The Balaban J connectivity index is 1.36. The minimum absolute atomic E-state index is 0.169. The number of nitrogens with one attached hydrogen (secondary N) is 1. The molecule has 1 N–H and O–H groups in total. The smallest absolute Gasteiger partial charge is 0.264 e. The number of carbonyl (C=O) groups is 1. The summed E-state index contributed by atoms with van der Waals surface area (Å²) in [5, 5.41) is 13.5. The number of rotatable bonds is 6. The fraction of sp³-hybridized carbons (Fsp3) is 0.0909. The molecule has 0 aliphatic rings. The average Bonchev–Trinajstić information content (AvgIpc) is 3.20. The van der Waals surface area contributed by atoms with E-state index in [4.69, 9.17) is 21.6 Å². The molecule has 4 rings (SSSR count). The van der Waals surface area contributed by atoms with Crippen molar-refractivity contribution in [2.24, 2.45) is 0 Å². The Morgan fingerprint density at radius 1 is 1.17 bits per heavy atom. The van der Waals surface area contributed by atoms with E-state index in [0.29, 0.717) is 33.4 Å². The molecule has 2 aromatic carbocycles. The maximum absolute atomic E-state index is 12.3. The highest BCUT2D eigenvalue weighted by Gasteiger charge is 2.11. The molecule has 0 saturated heterocycles. The third-order valence-electron chi connectivity index (χ3n) is 4.30. The number of hydrogen-bond acceptors (Lipinski definition) is 6. The predicted molar refractivity (Wildman–Crippen MR) is 117 cm³/mol. The van der Waals surface area contributed by atoms with Crippen molar-refractivity contribution in [2.45, 2.75) is 6.42 Å². The van der Waals surface area contributed by atoms with Gasteiger partial charge < -0.3 is 4.74 Å². The zero-order valence-corrected chi connectivity index (χ0v) is 17.2. The maximum atomic E-state index is 12.3. The Labute approximate surface area is 181 Å². The molecule has 0 fully saturated rings. The Morgan fingerprint density at radius 2 is 2.00 bits per heavy atom. The molecule has 0 radical (unpaired) electrons. The van der Waals surface area contributed by atoms with Crippen molar-refractivity contribution in [1.29, 1.82) is 5.26 Å². The first-order valence-corrected chi connectivity index (χ1v) is 10.2. The van der Waals surface area contributed by atoms with Crippen LogP contribution in [0.4, 0.5) is 5.13 Å². The van der Waals surface area contributed by atoms with E-state index in [-0.39, 0.29) is 12.5 Å². The number of thiazole rings is 1. The molecule has 0 aliphatic heterocycles. The van der Waals surface area contributed by atoms with E-state index in [1.54, 1.807) is 42.7 Å². The molecule has 6 nitrogen and oxygen atoms in total. The number of fused-ring (bicyclic) bond motifs is 1. The highest BCUT2D eigenvalue weighted by atomic mass is 35.5. The van der Waals surface area contributed by atoms with E-state index in [1.165, 1.54) is 11.3 Å². The third-order valence-corrected chi connectivity index (χ3v) is 5.54. The van der Waals surface area contributed by atoms with Gasteiger partial charge in [0.15, 0.2) is 11.7 Å². The highest BCUT2D eigenvalue weighted by molar-refractivity contribution is 7.15. The topological polar surface area (TPSA) is 87.9 Å². The minimum atomic E-state index is -0.312. The van der Waals surface area contributed by atoms with Crippen molar-refractivity contribution in [3.8, 4) is 11.8 Å². The summed E-state index contributed by atoms with van der Waals surface area (Å²) in [4.78, 5) is 21.8. The number of nitriles is 1. The van der Waals surface area contributed by atoms with Crippen LogP contribution in [0.15, 0.2) is 60.9 Å². The number of aromatic nitrogens is 2. The van der Waals surface area contributed by atoms with Crippen molar-refractivity contribution in [3.05, 3.63) is 82.0 Å². The van der Waals surface area contributed by atoms with E-state index in [9.17, 15) is 4.79 Å². The number of benzene rings is 2. The van der Waals surface area contributed by atoms with Crippen LogP contribution in [0.3, 0.4) is 0 Å². The zero-order chi connectivity index (χ0) is 20.9. The van der Waals surface area contributed by atoms with Gasteiger partial charge >= 0.3 is 0 Å². The second kappa shape index (κ2) is 8.91. The standard InChI is InChI=1S/C22H15ClN4O2S/c23-18-7-8-19(21-17(18)2-1-9-25-21)29-13-20(28)27-22-26-12-16(30-22)10-14-3-5-15(11-24)6-4-14/h1-9,12H,10,13H2,(H,26,27,28). The van der Waals surface area contributed by atoms with Crippen LogP contribution in [0.25, 0.3) is 10.9 Å². The summed E-state index contributed by atoms with van der Waals surface area (Å²) < 4.78 is 5.65. The second-order valence-electron chi connectivity index (χ2n) is 6.40. The summed E-state index contributed by atoms with van der Waals surface area (Å²) in [6.45, 7) is -0.169. The lowest BCUT2D eigenvalue weighted by Gasteiger charge is -2.09. The van der Waals surface area contributed by atoms with E-state index in [2.05, 4.69) is 21.4 Å².